The predicted octanol–water partition coefficient (Wildman–Crippen LogP) is 3.45. The fraction of sp³-hybridized carbons (Fsp3) is 0.333. The minimum absolute atomic E-state index is 0.206. The number of carbonyl (C=O) groups is 1. The van der Waals surface area contributed by atoms with Gasteiger partial charge in [-0.25, -0.2) is 0 Å². The van der Waals surface area contributed by atoms with Gasteiger partial charge in [-0.2, -0.15) is 5.10 Å². The summed E-state index contributed by atoms with van der Waals surface area (Å²) in [6.07, 6.45) is 7.05. The third-order valence-corrected chi connectivity index (χ3v) is 4.21. The second-order valence-corrected chi connectivity index (χ2v) is 6.04. The molecule has 0 spiro atoms. The lowest BCUT2D eigenvalue weighted by Gasteiger charge is -2.22. The Labute approximate surface area is 139 Å². The molecule has 1 aliphatic heterocycles. The number of para-hydroxylation sites is 1. The van der Waals surface area contributed by atoms with Crippen LogP contribution < -0.4 is 5.32 Å². The van der Waals surface area contributed by atoms with Gasteiger partial charge in [-0.1, -0.05) is 18.2 Å². The highest BCUT2D eigenvalue weighted by atomic mass is 16.5. The summed E-state index contributed by atoms with van der Waals surface area (Å²) in [5.41, 5.74) is 1.35. The molecule has 124 valence electrons. The van der Waals surface area contributed by atoms with Gasteiger partial charge in [-0.15, -0.1) is 0 Å². The van der Waals surface area contributed by atoms with Gasteiger partial charge in [0.2, 0.25) is 0 Å². The maximum absolute atomic E-state index is 12.3. The lowest BCUT2D eigenvalue weighted by Crippen LogP contribution is -2.24. The van der Waals surface area contributed by atoms with Crippen LogP contribution in [0.25, 0.3) is 11.0 Å². The second kappa shape index (κ2) is 6.49. The van der Waals surface area contributed by atoms with Gasteiger partial charge < -0.3 is 14.5 Å². The maximum Gasteiger partial charge on any atom is 0.291 e. The van der Waals surface area contributed by atoms with Crippen molar-refractivity contribution in [1.82, 2.24) is 9.78 Å². The molecule has 1 aliphatic rings. The molecule has 1 aromatic carbocycles. The van der Waals surface area contributed by atoms with Crippen LogP contribution in [0.1, 0.15) is 29.8 Å². The quantitative estimate of drug-likeness (QED) is 0.797. The van der Waals surface area contributed by atoms with Gasteiger partial charge in [0.25, 0.3) is 5.91 Å². The van der Waals surface area contributed by atoms with Gasteiger partial charge in [0.1, 0.15) is 5.58 Å². The largest absolute Gasteiger partial charge is 0.451 e. The molecule has 0 radical (unpaired) electrons. The average molecular weight is 325 g/mol. The Morgan fingerprint density at radius 2 is 2.25 bits per heavy atom. The number of amides is 1. The van der Waals surface area contributed by atoms with Gasteiger partial charge in [0, 0.05) is 18.2 Å². The van der Waals surface area contributed by atoms with Crippen LogP contribution in [0.5, 0.6) is 0 Å². The van der Waals surface area contributed by atoms with E-state index in [0.717, 1.165) is 24.8 Å². The Morgan fingerprint density at radius 3 is 3.08 bits per heavy atom. The van der Waals surface area contributed by atoms with Gasteiger partial charge in [0.15, 0.2) is 5.76 Å². The maximum atomic E-state index is 12.3. The van der Waals surface area contributed by atoms with Gasteiger partial charge in [0.05, 0.1) is 24.5 Å². The Balaban J connectivity index is 1.42. The van der Waals surface area contributed by atoms with E-state index in [-0.39, 0.29) is 12.0 Å². The van der Waals surface area contributed by atoms with Crippen LogP contribution >= 0.6 is 0 Å². The van der Waals surface area contributed by atoms with Crippen LogP contribution in [-0.2, 0) is 11.3 Å². The zero-order chi connectivity index (χ0) is 16.4. The summed E-state index contributed by atoms with van der Waals surface area (Å²) >= 11 is 0. The minimum Gasteiger partial charge on any atom is -0.451 e. The molecule has 6 nitrogen and oxygen atoms in total. The SMILES string of the molecule is O=C(Nc1cnn(C[C@@H]2CCCCO2)c1)c1cc2ccccc2o1. The van der Waals surface area contributed by atoms with E-state index < -0.39 is 0 Å². The average Bonchev–Trinajstić information content (AvgIpc) is 3.22. The van der Waals surface area contributed by atoms with Crippen LogP contribution in [-0.4, -0.2) is 28.4 Å². The number of anilines is 1. The predicted molar refractivity (Wildman–Crippen MR) is 90.0 cm³/mol. The molecule has 1 amide bonds. The summed E-state index contributed by atoms with van der Waals surface area (Å²) in [6.45, 7) is 1.53. The monoisotopic (exact) mass is 325 g/mol. The molecule has 3 aromatic rings. The summed E-state index contributed by atoms with van der Waals surface area (Å²) in [5, 5.41) is 8.02. The molecule has 0 unspecified atom stereocenters. The topological polar surface area (TPSA) is 69.3 Å². The summed E-state index contributed by atoms with van der Waals surface area (Å²) < 4.78 is 13.1. The molecule has 2 aromatic heterocycles. The number of rotatable bonds is 4. The van der Waals surface area contributed by atoms with Crippen LogP contribution in [0.15, 0.2) is 47.1 Å². The van der Waals surface area contributed by atoms with Crippen molar-refractivity contribution in [3.8, 4) is 0 Å². The van der Waals surface area contributed by atoms with Crippen molar-refractivity contribution in [2.45, 2.75) is 31.9 Å². The number of hydrogen-bond donors (Lipinski definition) is 1. The summed E-state index contributed by atoms with van der Waals surface area (Å²) in [7, 11) is 0. The van der Waals surface area contributed by atoms with E-state index in [1.807, 2.05) is 35.1 Å². The third-order valence-electron chi connectivity index (χ3n) is 4.21. The Hall–Kier alpha value is -2.60. The molecule has 1 N–H and O–H groups in total. The van der Waals surface area contributed by atoms with E-state index in [4.69, 9.17) is 9.15 Å². The van der Waals surface area contributed by atoms with Crippen molar-refractivity contribution in [3.05, 3.63) is 48.5 Å². The van der Waals surface area contributed by atoms with E-state index in [2.05, 4.69) is 10.4 Å². The fourth-order valence-corrected chi connectivity index (χ4v) is 2.97. The molecule has 0 bridgehead atoms. The molecular formula is C18H19N3O3. The van der Waals surface area contributed by atoms with E-state index in [1.165, 1.54) is 6.42 Å². The first-order valence-corrected chi connectivity index (χ1v) is 8.22. The Kier molecular flexibility index (Phi) is 4.04. The van der Waals surface area contributed by atoms with Crippen molar-refractivity contribution in [2.75, 3.05) is 11.9 Å². The standard InChI is InChI=1S/C18H19N3O3/c22-18(17-9-13-5-1-2-7-16(13)24-17)20-14-10-19-21(11-14)12-15-6-3-4-8-23-15/h1-2,5,7,9-11,15H,3-4,6,8,12H2,(H,20,22)/t15-/m0/s1. The number of nitrogens with zero attached hydrogens (tertiary/aromatic N) is 2. The highest BCUT2D eigenvalue weighted by molar-refractivity contribution is 6.04. The number of aromatic nitrogens is 2. The van der Waals surface area contributed by atoms with E-state index in [0.29, 0.717) is 23.6 Å². The fourth-order valence-electron chi connectivity index (χ4n) is 2.97. The first kappa shape index (κ1) is 15.0. The van der Waals surface area contributed by atoms with Gasteiger partial charge >= 0.3 is 0 Å². The van der Waals surface area contributed by atoms with Crippen molar-refractivity contribution in [1.29, 1.82) is 0 Å². The van der Waals surface area contributed by atoms with Gasteiger partial charge in [-0.05, 0) is 31.4 Å². The summed E-state index contributed by atoms with van der Waals surface area (Å²) in [6, 6.07) is 9.29. The number of carbonyl (C=O) groups excluding carboxylic acids is 1. The van der Waals surface area contributed by atoms with Crippen molar-refractivity contribution in [3.63, 3.8) is 0 Å². The number of benzene rings is 1. The smallest absolute Gasteiger partial charge is 0.291 e. The number of furan rings is 1. The minimum atomic E-state index is -0.278. The van der Waals surface area contributed by atoms with Crippen molar-refractivity contribution < 1.29 is 13.9 Å². The van der Waals surface area contributed by atoms with Gasteiger partial charge in [-0.3, -0.25) is 9.48 Å². The summed E-state index contributed by atoms with van der Waals surface area (Å²) in [4.78, 5) is 12.3. The number of ether oxygens (including phenoxy) is 1. The van der Waals surface area contributed by atoms with E-state index in [9.17, 15) is 4.79 Å². The zero-order valence-electron chi connectivity index (χ0n) is 13.3. The number of hydrogen-bond acceptors (Lipinski definition) is 4. The zero-order valence-corrected chi connectivity index (χ0v) is 13.3. The molecule has 6 heteroatoms. The third kappa shape index (κ3) is 3.19. The molecule has 4 rings (SSSR count). The first-order valence-electron chi connectivity index (χ1n) is 8.22. The summed E-state index contributed by atoms with van der Waals surface area (Å²) in [5.74, 6) is 0.0132. The molecule has 1 fully saturated rings. The second-order valence-electron chi connectivity index (χ2n) is 6.04. The molecule has 1 atom stereocenters. The normalized spacial score (nSPS) is 17.9. The van der Waals surface area contributed by atoms with Crippen LogP contribution in [0.3, 0.4) is 0 Å². The first-order chi connectivity index (χ1) is 11.8. The van der Waals surface area contributed by atoms with Crippen LogP contribution in [0, 0.1) is 0 Å². The molecule has 0 saturated carbocycles. The lowest BCUT2D eigenvalue weighted by molar-refractivity contribution is 0.00401. The van der Waals surface area contributed by atoms with Crippen molar-refractivity contribution in [2.24, 2.45) is 0 Å². The van der Waals surface area contributed by atoms with E-state index in [1.54, 1.807) is 12.3 Å². The number of nitrogens with one attached hydrogen (secondary N) is 1. The van der Waals surface area contributed by atoms with Crippen LogP contribution in [0.4, 0.5) is 5.69 Å². The molecular weight excluding hydrogens is 306 g/mol. The van der Waals surface area contributed by atoms with Crippen LogP contribution in [0.2, 0.25) is 0 Å². The highest BCUT2D eigenvalue weighted by Gasteiger charge is 2.16. The van der Waals surface area contributed by atoms with E-state index >= 15 is 0 Å². The molecule has 0 aliphatic carbocycles. The molecule has 24 heavy (non-hydrogen) atoms. The number of fused-ring (bicyclic) bond motifs is 1. The van der Waals surface area contributed by atoms with Crippen molar-refractivity contribution >= 4 is 22.6 Å². The lowest BCUT2D eigenvalue weighted by atomic mass is 10.1. The molecule has 1 saturated heterocycles. The highest BCUT2D eigenvalue weighted by Crippen LogP contribution is 2.20. The Morgan fingerprint density at radius 1 is 1.33 bits per heavy atom. The Bertz CT molecular complexity index is 813. The molecule has 3 heterocycles.